The molecule has 106 valence electrons. The maximum atomic E-state index is 12.8. The number of aromatic nitrogens is 1. The first-order valence-electron chi connectivity index (χ1n) is 7.78. The van der Waals surface area contributed by atoms with Gasteiger partial charge in [-0.15, -0.1) is 0 Å². The van der Waals surface area contributed by atoms with Gasteiger partial charge in [0, 0.05) is 31.4 Å². The Bertz CT molecular complexity index is 530. The van der Waals surface area contributed by atoms with Crippen molar-refractivity contribution >= 4 is 5.91 Å². The number of hydrogen-bond acceptors (Lipinski definition) is 3. The largest absolute Gasteiger partial charge is 0.337 e. The van der Waals surface area contributed by atoms with Crippen molar-refractivity contribution < 1.29 is 4.79 Å². The van der Waals surface area contributed by atoms with E-state index in [0.29, 0.717) is 11.8 Å². The Kier molecular flexibility index (Phi) is 2.99. The number of carbonyl (C=O) groups is 1. The summed E-state index contributed by atoms with van der Waals surface area (Å²) in [7, 11) is 0. The first kappa shape index (κ1) is 12.3. The highest BCUT2D eigenvalue weighted by Gasteiger charge is 2.44. The van der Waals surface area contributed by atoms with Gasteiger partial charge in [-0.2, -0.15) is 0 Å². The van der Waals surface area contributed by atoms with E-state index in [4.69, 9.17) is 0 Å². The molecule has 3 atom stereocenters. The van der Waals surface area contributed by atoms with Crippen LogP contribution in [0.25, 0.3) is 0 Å². The number of hydrogen-bond donors (Lipinski definition) is 1. The fourth-order valence-corrected chi connectivity index (χ4v) is 4.21. The van der Waals surface area contributed by atoms with E-state index in [-0.39, 0.29) is 6.04 Å². The second-order valence-electron chi connectivity index (χ2n) is 6.36. The van der Waals surface area contributed by atoms with Gasteiger partial charge >= 0.3 is 0 Å². The first-order valence-corrected chi connectivity index (χ1v) is 7.78. The van der Waals surface area contributed by atoms with E-state index in [1.165, 1.54) is 24.8 Å². The average Bonchev–Trinajstić information content (AvgIpc) is 3.09. The normalized spacial score (nSPS) is 32.0. The number of pyridine rings is 1. The van der Waals surface area contributed by atoms with Gasteiger partial charge in [-0.25, -0.2) is 0 Å². The summed E-state index contributed by atoms with van der Waals surface area (Å²) >= 11 is 0. The summed E-state index contributed by atoms with van der Waals surface area (Å²) in [6.07, 6.45) is 6.56. The van der Waals surface area contributed by atoms with Crippen LogP contribution < -0.4 is 5.32 Å². The Hall–Kier alpha value is -1.42. The summed E-state index contributed by atoms with van der Waals surface area (Å²) in [6, 6.07) is 4.14. The van der Waals surface area contributed by atoms with E-state index in [0.717, 1.165) is 37.7 Å². The van der Waals surface area contributed by atoms with E-state index in [9.17, 15) is 4.79 Å². The molecule has 1 aromatic heterocycles. The van der Waals surface area contributed by atoms with Crippen molar-refractivity contribution in [1.29, 1.82) is 0 Å². The van der Waals surface area contributed by atoms with Gasteiger partial charge in [-0.3, -0.25) is 9.78 Å². The lowest BCUT2D eigenvalue weighted by Crippen LogP contribution is -2.48. The number of nitrogens with one attached hydrogen (secondary N) is 1. The maximum Gasteiger partial charge on any atom is 0.240 e. The van der Waals surface area contributed by atoms with Crippen LogP contribution in [0.2, 0.25) is 0 Å². The van der Waals surface area contributed by atoms with Crippen LogP contribution in [-0.4, -0.2) is 34.9 Å². The Labute approximate surface area is 119 Å². The monoisotopic (exact) mass is 271 g/mol. The molecule has 1 aromatic rings. The van der Waals surface area contributed by atoms with Crippen LogP contribution in [-0.2, 0) is 17.8 Å². The van der Waals surface area contributed by atoms with Crippen LogP contribution in [0.5, 0.6) is 0 Å². The average molecular weight is 271 g/mol. The summed E-state index contributed by atoms with van der Waals surface area (Å²) < 4.78 is 0. The molecule has 4 heteroatoms. The van der Waals surface area contributed by atoms with Gasteiger partial charge < -0.3 is 10.2 Å². The van der Waals surface area contributed by atoms with Crippen LogP contribution in [0.4, 0.5) is 0 Å². The maximum absolute atomic E-state index is 12.8. The minimum atomic E-state index is 0.0701. The van der Waals surface area contributed by atoms with Crippen LogP contribution in [0.1, 0.15) is 30.5 Å². The molecule has 2 aliphatic heterocycles. The van der Waals surface area contributed by atoms with Gasteiger partial charge in [0.15, 0.2) is 0 Å². The first-order chi connectivity index (χ1) is 9.83. The van der Waals surface area contributed by atoms with E-state index < -0.39 is 0 Å². The Morgan fingerprint density at radius 3 is 3.30 bits per heavy atom. The minimum absolute atomic E-state index is 0.0701. The summed E-state index contributed by atoms with van der Waals surface area (Å²) in [5.41, 5.74) is 2.38. The van der Waals surface area contributed by atoms with Gasteiger partial charge in [-0.1, -0.05) is 12.5 Å². The molecule has 1 aliphatic carbocycles. The zero-order chi connectivity index (χ0) is 13.5. The Morgan fingerprint density at radius 2 is 2.35 bits per heavy atom. The second-order valence-corrected chi connectivity index (χ2v) is 6.36. The van der Waals surface area contributed by atoms with Gasteiger partial charge in [0.2, 0.25) is 5.91 Å². The van der Waals surface area contributed by atoms with Crippen molar-refractivity contribution in [1.82, 2.24) is 15.2 Å². The van der Waals surface area contributed by atoms with Crippen molar-refractivity contribution in [2.75, 3.05) is 13.1 Å². The Balaban J connectivity index is 1.50. The van der Waals surface area contributed by atoms with Crippen LogP contribution in [0.3, 0.4) is 0 Å². The van der Waals surface area contributed by atoms with Gasteiger partial charge in [0.25, 0.3) is 0 Å². The van der Waals surface area contributed by atoms with Gasteiger partial charge in [0.1, 0.15) is 0 Å². The molecule has 3 unspecified atom stereocenters. The highest BCUT2D eigenvalue weighted by atomic mass is 16.2. The summed E-state index contributed by atoms with van der Waals surface area (Å²) in [5.74, 6) is 1.63. The summed E-state index contributed by atoms with van der Waals surface area (Å²) in [4.78, 5) is 19.2. The molecule has 0 radical (unpaired) electrons. The highest BCUT2D eigenvalue weighted by molar-refractivity contribution is 5.83. The molecule has 4 rings (SSSR count). The van der Waals surface area contributed by atoms with Crippen molar-refractivity contribution in [3.05, 3.63) is 29.6 Å². The SMILES string of the molecule is O=C(C1NCC2CCCC21)N1CCc2ncccc2C1. The molecule has 20 heavy (non-hydrogen) atoms. The van der Waals surface area contributed by atoms with Crippen LogP contribution in [0, 0.1) is 11.8 Å². The third kappa shape index (κ3) is 1.94. The third-order valence-electron chi connectivity index (χ3n) is 5.29. The van der Waals surface area contributed by atoms with Gasteiger partial charge in [-0.05, 0) is 42.9 Å². The lowest BCUT2D eigenvalue weighted by atomic mass is 9.92. The van der Waals surface area contributed by atoms with Crippen molar-refractivity contribution in [3.8, 4) is 0 Å². The molecule has 1 saturated carbocycles. The zero-order valence-electron chi connectivity index (χ0n) is 11.7. The fraction of sp³-hybridized carbons (Fsp3) is 0.625. The molecule has 3 heterocycles. The fourth-order valence-electron chi connectivity index (χ4n) is 4.21. The molecule has 2 fully saturated rings. The molecule has 3 aliphatic rings. The number of rotatable bonds is 1. The highest BCUT2D eigenvalue weighted by Crippen LogP contribution is 2.38. The molecule has 0 bridgehead atoms. The van der Waals surface area contributed by atoms with Crippen molar-refractivity contribution in [3.63, 3.8) is 0 Å². The topological polar surface area (TPSA) is 45.2 Å². The van der Waals surface area contributed by atoms with E-state index in [1.807, 2.05) is 17.2 Å². The molecule has 0 aromatic carbocycles. The van der Waals surface area contributed by atoms with Crippen molar-refractivity contribution in [2.45, 2.75) is 38.3 Å². The van der Waals surface area contributed by atoms with E-state index >= 15 is 0 Å². The number of amides is 1. The zero-order valence-corrected chi connectivity index (χ0v) is 11.7. The molecule has 1 saturated heterocycles. The Morgan fingerprint density at radius 1 is 1.40 bits per heavy atom. The lowest BCUT2D eigenvalue weighted by Gasteiger charge is -2.31. The van der Waals surface area contributed by atoms with Crippen LogP contribution in [0.15, 0.2) is 18.3 Å². The predicted octanol–water partition coefficient (Wildman–Crippen LogP) is 1.35. The molecule has 1 amide bonds. The third-order valence-corrected chi connectivity index (χ3v) is 5.29. The van der Waals surface area contributed by atoms with Gasteiger partial charge in [0.05, 0.1) is 6.04 Å². The lowest BCUT2D eigenvalue weighted by molar-refractivity contribution is -0.135. The molecular formula is C16H21N3O. The number of carbonyl (C=O) groups excluding carboxylic acids is 1. The molecule has 4 nitrogen and oxygen atoms in total. The summed E-state index contributed by atoms with van der Waals surface area (Å²) in [5, 5.41) is 3.47. The smallest absolute Gasteiger partial charge is 0.240 e. The van der Waals surface area contributed by atoms with E-state index in [1.54, 1.807) is 0 Å². The van der Waals surface area contributed by atoms with Crippen molar-refractivity contribution in [2.24, 2.45) is 11.8 Å². The minimum Gasteiger partial charge on any atom is -0.337 e. The van der Waals surface area contributed by atoms with E-state index in [2.05, 4.69) is 16.4 Å². The standard InChI is InChI=1S/C16H21N3O/c20-16(15-13-5-1-3-11(13)9-18-15)19-8-6-14-12(10-19)4-2-7-17-14/h2,4,7,11,13,15,18H,1,3,5-6,8-10H2. The summed E-state index contributed by atoms with van der Waals surface area (Å²) in [6.45, 7) is 2.59. The number of nitrogens with zero attached hydrogens (tertiary/aromatic N) is 2. The molecular weight excluding hydrogens is 250 g/mol. The predicted molar refractivity (Wildman–Crippen MR) is 76.0 cm³/mol. The molecule has 0 spiro atoms. The second kappa shape index (κ2) is 4.85. The quantitative estimate of drug-likeness (QED) is 0.838. The van der Waals surface area contributed by atoms with Crippen LogP contribution >= 0.6 is 0 Å². The molecule has 1 N–H and O–H groups in total. The number of fused-ring (bicyclic) bond motifs is 2.